The number of carbonyl (C=O) groups is 2. The molecule has 0 aliphatic rings. The standard InChI is InChI=1S/C22H26Cl2N2O2/c1-15(2)25-22(28)16(3)26(14-18-9-11-19(23)20(24)13-18)21(27)12-10-17-7-5-4-6-8-17/h4-9,11,13,15-16H,10,12,14H2,1-3H3,(H,25,28)/t16-/m0/s1. The smallest absolute Gasteiger partial charge is 0.242 e. The van der Waals surface area contributed by atoms with Crippen LogP contribution in [0.4, 0.5) is 0 Å². The zero-order chi connectivity index (χ0) is 20.7. The van der Waals surface area contributed by atoms with Crippen LogP contribution in [-0.4, -0.2) is 28.8 Å². The van der Waals surface area contributed by atoms with Crippen LogP contribution < -0.4 is 5.32 Å². The summed E-state index contributed by atoms with van der Waals surface area (Å²) in [4.78, 5) is 27.1. The van der Waals surface area contributed by atoms with Gasteiger partial charge in [-0.3, -0.25) is 9.59 Å². The zero-order valence-electron chi connectivity index (χ0n) is 16.4. The van der Waals surface area contributed by atoms with Crippen molar-refractivity contribution in [3.05, 3.63) is 69.7 Å². The first-order valence-corrected chi connectivity index (χ1v) is 10.1. The fourth-order valence-corrected chi connectivity index (χ4v) is 3.18. The van der Waals surface area contributed by atoms with Crippen LogP contribution in [0.3, 0.4) is 0 Å². The Morgan fingerprint density at radius 1 is 0.964 bits per heavy atom. The van der Waals surface area contributed by atoms with Crippen LogP contribution in [0.2, 0.25) is 10.0 Å². The van der Waals surface area contributed by atoms with Crippen molar-refractivity contribution in [2.24, 2.45) is 0 Å². The number of carbonyl (C=O) groups excluding carboxylic acids is 2. The third-order valence-corrected chi connectivity index (χ3v) is 5.14. The van der Waals surface area contributed by atoms with E-state index in [4.69, 9.17) is 23.2 Å². The van der Waals surface area contributed by atoms with E-state index in [-0.39, 0.29) is 24.4 Å². The SMILES string of the molecule is CC(C)NC(=O)[C@H](C)N(Cc1ccc(Cl)c(Cl)c1)C(=O)CCc1ccccc1. The van der Waals surface area contributed by atoms with E-state index in [1.54, 1.807) is 24.0 Å². The Labute approximate surface area is 176 Å². The van der Waals surface area contributed by atoms with E-state index in [1.807, 2.05) is 50.2 Å². The molecule has 0 heterocycles. The minimum absolute atomic E-state index is 0.00111. The molecule has 0 saturated heterocycles. The lowest BCUT2D eigenvalue weighted by molar-refractivity contribution is -0.140. The van der Waals surface area contributed by atoms with Crippen LogP contribution in [-0.2, 0) is 22.6 Å². The Hall–Kier alpha value is -2.04. The van der Waals surface area contributed by atoms with Gasteiger partial charge in [-0.2, -0.15) is 0 Å². The lowest BCUT2D eigenvalue weighted by Gasteiger charge is -2.29. The number of benzene rings is 2. The predicted octanol–water partition coefficient (Wildman–Crippen LogP) is 4.87. The summed E-state index contributed by atoms with van der Waals surface area (Å²) in [6.45, 7) is 5.82. The van der Waals surface area contributed by atoms with Gasteiger partial charge in [-0.1, -0.05) is 59.6 Å². The van der Waals surface area contributed by atoms with Crippen LogP contribution in [0, 0.1) is 0 Å². The Morgan fingerprint density at radius 2 is 1.64 bits per heavy atom. The average molecular weight is 421 g/mol. The number of halogens is 2. The van der Waals surface area contributed by atoms with Crippen LogP contribution in [0.25, 0.3) is 0 Å². The van der Waals surface area contributed by atoms with E-state index in [1.165, 1.54) is 0 Å². The molecule has 0 unspecified atom stereocenters. The van der Waals surface area contributed by atoms with Gasteiger partial charge in [0.05, 0.1) is 10.0 Å². The van der Waals surface area contributed by atoms with Crippen molar-refractivity contribution >= 4 is 35.0 Å². The van der Waals surface area contributed by atoms with E-state index in [0.717, 1.165) is 11.1 Å². The summed E-state index contributed by atoms with van der Waals surface area (Å²) >= 11 is 12.1. The Bertz CT molecular complexity index is 809. The maximum atomic E-state index is 13.0. The largest absolute Gasteiger partial charge is 0.352 e. The molecule has 28 heavy (non-hydrogen) atoms. The van der Waals surface area contributed by atoms with E-state index >= 15 is 0 Å². The number of amides is 2. The summed E-state index contributed by atoms with van der Waals surface area (Å²) in [6.07, 6.45) is 0.945. The maximum absolute atomic E-state index is 13.0. The number of hydrogen-bond acceptors (Lipinski definition) is 2. The first-order valence-electron chi connectivity index (χ1n) is 9.35. The Kier molecular flexibility index (Phi) is 8.34. The van der Waals surface area contributed by atoms with Crippen molar-refractivity contribution in [3.63, 3.8) is 0 Å². The van der Waals surface area contributed by atoms with E-state index in [0.29, 0.717) is 22.9 Å². The molecule has 2 amide bonds. The Balaban J connectivity index is 2.17. The fourth-order valence-electron chi connectivity index (χ4n) is 2.86. The molecule has 2 rings (SSSR count). The minimum atomic E-state index is -0.597. The highest BCUT2D eigenvalue weighted by molar-refractivity contribution is 6.42. The maximum Gasteiger partial charge on any atom is 0.242 e. The molecule has 4 nitrogen and oxygen atoms in total. The normalized spacial score (nSPS) is 11.9. The number of hydrogen-bond donors (Lipinski definition) is 1. The van der Waals surface area contributed by atoms with Crippen molar-refractivity contribution < 1.29 is 9.59 Å². The van der Waals surface area contributed by atoms with Crippen LogP contribution in [0.1, 0.15) is 38.3 Å². The number of aryl methyl sites for hydroxylation is 1. The first kappa shape index (κ1) is 22.3. The van der Waals surface area contributed by atoms with Crippen LogP contribution >= 0.6 is 23.2 Å². The number of rotatable bonds is 8. The van der Waals surface area contributed by atoms with Gasteiger partial charge in [0, 0.05) is 19.0 Å². The third-order valence-electron chi connectivity index (χ3n) is 4.41. The van der Waals surface area contributed by atoms with Gasteiger partial charge < -0.3 is 10.2 Å². The summed E-state index contributed by atoms with van der Waals surface area (Å²) in [7, 11) is 0. The molecule has 150 valence electrons. The van der Waals surface area contributed by atoms with Gasteiger partial charge in [0.2, 0.25) is 11.8 Å². The molecule has 1 atom stereocenters. The van der Waals surface area contributed by atoms with Gasteiger partial charge >= 0.3 is 0 Å². The van der Waals surface area contributed by atoms with Gasteiger partial charge in [0.25, 0.3) is 0 Å². The summed E-state index contributed by atoms with van der Waals surface area (Å²) < 4.78 is 0. The van der Waals surface area contributed by atoms with Crippen molar-refractivity contribution in [3.8, 4) is 0 Å². The molecule has 0 aliphatic carbocycles. The average Bonchev–Trinajstić information content (AvgIpc) is 2.66. The van der Waals surface area contributed by atoms with Crippen LogP contribution in [0.5, 0.6) is 0 Å². The monoisotopic (exact) mass is 420 g/mol. The summed E-state index contributed by atoms with van der Waals surface area (Å²) in [5.41, 5.74) is 1.91. The van der Waals surface area contributed by atoms with Gasteiger partial charge in [-0.25, -0.2) is 0 Å². The number of nitrogens with zero attached hydrogens (tertiary/aromatic N) is 1. The summed E-state index contributed by atoms with van der Waals surface area (Å²) in [5.74, 6) is -0.260. The first-order chi connectivity index (χ1) is 13.3. The van der Waals surface area contributed by atoms with E-state index in [9.17, 15) is 9.59 Å². The van der Waals surface area contributed by atoms with Crippen molar-refractivity contribution in [2.75, 3.05) is 0 Å². The molecule has 0 radical (unpaired) electrons. The molecule has 2 aromatic rings. The zero-order valence-corrected chi connectivity index (χ0v) is 17.9. The highest BCUT2D eigenvalue weighted by Crippen LogP contribution is 2.24. The lowest BCUT2D eigenvalue weighted by atomic mass is 10.1. The molecular weight excluding hydrogens is 395 g/mol. The summed E-state index contributed by atoms with van der Waals surface area (Å²) in [5, 5.41) is 3.76. The molecule has 2 aromatic carbocycles. The lowest BCUT2D eigenvalue weighted by Crippen LogP contribution is -2.49. The van der Waals surface area contributed by atoms with Gasteiger partial charge in [0.1, 0.15) is 6.04 Å². The highest BCUT2D eigenvalue weighted by atomic mass is 35.5. The van der Waals surface area contributed by atoms with E-state index < -0.39 is 6.04 Å². The van der Waals surface area contributed by atoms with Gasteiger partial charge in [-0.05, 0) is 50.5 Å². The minimum Gasteiger partial charge on any atom is -0.352 e. The van der Waals surface area contributed by atoms with Crippen molar-refractivity contribution in [1.82, 2.24) is 10.2 Å². The summed E-state index contributed by atoms with van der Waals surface area (Å²) in [6, 6.07) is 14.5. The molecule has 0 aliphatic heterocycles. The number of nitrogens with one attached hydrogen (secondary N) is 1. The second kappa shape index (κ2) is 10.5. The molecule has 6 heteroatoms. The molecule has 0 saturated carbocycles. The van der Waals surface area contributed by atoms with Crippen LogP contribution in [0.15, 0.2) is 48.5 Å². The molecule has 0 fully saturated rings. The molecule has 0 spiro atoms. The highest BCUT2D eigenvalue weighted by Gasteiger charge is 2.26. The molecular formula is C22H26Cl2N2O2. The second-order valence-corrected chi connectivity index (χ2v) is 7.91. The molecule has 1 N–H and O–H groups in total. The second-order valence-electron chi connectivity index (χ2n) is 7.09. The quantitative estimate of drug-likeness (QED) is 0.661. The van der Waals surface area contributed by atoms with Crippen molar-refractivity contribution in [2.45, 2.75) is 52.2 Å². The van der Waals surface area contributed by atoms with Crippen molar-refractivity contribution in [1.29, 1.82) is 0 Å². The topological polar surface area (TPSA) is 49.4 Å². The van der Waals surface area contributed by atoms with Gasteiger partial charge in [0.15, 0.2) is 0 Å². The fraction of sp³-hybridized carbons (Fsp3) is 0.364. The Morgan fingerprint density at radius 3 is 2.25 bits per heavy atom. The van der Waals surface area contributed by atoms with E-state index in [2.05, 4.69) is 5.32 Å². The molecule has 0 bridgehead atoms. The molecule has 0 aromatic heterocycles. The third kappa shape index (κ3) is 6.54. The predicted molar refractivity (Wildman–Crippen MR) is 115 cm³/mol. The van der Waals surface area contributed by atoms with Gasteiger partial charge in [-0.15, -0.1) is 0 Å².